The quantitative estimate of drug-likeness (QED) is 0.895. The molecule has 1 aliphatic rings. The summed E-state index contributed by atoms with van der Waals surface area (Å²) in [5.74, 6) is 1.98. The van der Waals surface area contributed by atoms with E-state index in [9.17, 15) is 0 Å². The molecule has 19 heavy (non-hydrogen) atoms. The van der Waals surface area contributed by atoms with E-state index < -0.39 is 0 Å². The molecule has 0 saturated heterocycles. The average Bonchev–Trinajstić information content (AvgIpc) is 3.03. The van der Waals surface area contributed by atoms with E-state index in [0.29, 0.717) is 6.04 Å². The van der Waals surface area contributed by atoms with E-state index in [-0.39, 0.29) is 0 Å². The van der Waals surface area contributed by atoms with Crippen LogP contribution >= 0.6 is 0 Å². The summed E-state index contributed by atoms with van der Waals surface area (Å²) in [6.07, 6.45) is 3.81. The molecule has 1 aromatic heterocycles. The fraction of sp³-hybridized carbons (Fsp3) is 0.412. The van der Waals surface area contributed by atoms with Crippen LogP contribution in [0.15, 0.2) is 34.7 Å². The lowest BCUT2D eigenvalue weighted by Crippen LogP contribution is -2.17. The molecule has 2 aromatic rings. The summed E-state index contributed by atoms with van der Waals surface area (Å²) in [5.41, 5.74) is 4.46. The smallest absolute Gasteiger partial charge is 0.117 e. The van der Waals surface area contributed by atoms with Crippen molar-refractivity contribution in [3.05, 3.63) is 58.5 Å². The van der Waals surface area contributed by atoms with E-state index >= 15 is 0 Å². The van der Waals surface area contributed by atoms with Gasteiger partial charge in [0, 0.05) is 6.04 Å². The molecule has 2 nitrogen and oxygen atoms in total. The highest BCUT2D eigenvalue weighted by Gasteiger charge is 2.13. The maximum atomic E-state index is 5.58. The van der Waals surface area contributed by atoms with Crippen molar-refractivity contribution < 1.29 is 4.42 Å². The number of furan rings is 1. The van der Waals surface area contributed by atoms with Crippen molar-refractivity contribution in [2.24, 2.45) is 0 Å². The Balaban J connectivity index is 1.65. The largest absolute Gasteiger partial charge is 0.465 e. The lowest BCUT2D eigenvalue weighted by Gasteiger charge is -2.14. The molecule has 1 atom stereocenters. The zero-order chi connectivity index (χ0) is 13.2. The fourth-order valence-corrected chi connectivity index (χ4v) is 2.81. The summed E-state index contributed by atoms with van der Waals surface area (Å²) < 4.78 is 5.58. The second-order valence-corrected chi connectivity index (χ2v) is 5.50. The molecule has 0 saturated carbocycles. The number of hydrogen-bond donors (Lipinski definition) is 1. The van der Waals surface area contributed by atoms with Gasteiger partial charge < -0.3 is 9.73 Å². The SMILES string of the molecule is Cc1ccc(CNC(C)c2ccc3c(c2)CCC3)o1. The Morgan fingerprint density at radius 3 is 2.79 bits per heavy atom. The van der Waals surface area contributed by atoms with Crippen LogP contribution in [0.4, 0.5) is 0 Å². The Bertz CT molecular complexity index is 570. The third-order valence-electron chi connectivity index (χ3n) is 4.00. The van der Waals surface area contributed by atoms with Gasteiger partial charge in [0.1, 0.15) is 11.5 Å². The molecule has 0 aliphatic heterocycles. The standard InChI is InChI=1S/C17H21NO/c1-12-6-9-17(19-12)11-18-13(2)15-8-7-14-4-3-5-16(14)10-15/h6-10,13,18H,3-5,11H2,1-2H3. The second kappa shape index (κ2) is 5.22. The van der Waals surface area contributed by atoms with Crippen LogP contribution in [0.3, 0.4) is 0 Å². The minimum Gasteiger partial charge on any atom is -0.465 e. The van der Waals surface area contributed by atoms with Gasteiger partial charge in [0.15, 0.2) is 0 Å². The van der Waals surface area contributed by atoms with Gasteiger partial charge in [0.25, 0.3) is 0 Å². The summed E-state index contributed by atoms with van der Waals surface area (Å²) in [5, 5.41) is 3.53. The molecule has 0 spiro atoms. The number of aryl methyl sites for hydroxylation is 3. The highest BCUT2D eigenvalue weighted by Crippen LogP contribution is 2.25. The highest BCUT2D eigenvalue weighted by molar-refractivity contribution is 5.36. The number of hydrogen-bond acceptors (Lipinski definition) is 2. The van der Waals surface area contributed by atoms with Crippen LogP contribution in [0.2, 0.25) is 0 Å². The van der Waals surface area contributed by atoms with E-state index in [1.807, 2.05) is 19.1 Å². The van der Waals surface area contributed by atoms with Crippen LogP contribution in [-0.4, -0.2) is 0 Å². The molecule has 0 amide bonds. The molecule has 0 bridgehead atoms. The highest BCUT2D eigenvalue weighted by atomic mass is 16.3. The van der Waals surface area contributed by atoms with Crippen LogP contribution in [-0.2, 0) is 19.4 Å². The van der Waals surface area contributed by atoms with Crippen molar-refractivity contribution in [3.8, 4) is 0 Å². The molecule has 0 fully saturated rings. The van der Waals surface area contributed by atoms with E-state index in [0.717, 1.165) is 18.1 Å². The molecular formula is C17H21NO. The Morgan fingerprint density at radius 1 is 1.16 bits per heavy atom. The van der Waals surface area contributed by atoms with Gasteiger partial charge in [-0.05, 0) is 61.9 Å². The predicted molar refractivity (Wildman–Crippen MR) is 77.2 cm³/mol. The maximum Gasteiger partial charge on any atom is 0.117 e. The van der Waals surface area contributed by atoms with Crippen LogP contribution in [0.25, 0.3) is 0 Å². The van der Waals surface area contributed by atoms with Crippen molar-refractivity contribution in [2.45, 2.75) is 45.7 Å². The number of benzene rings is 1. The molecular weight excluding hydrogens is 234 g/mol. The predicted octanol–water partition coefficient (Wildman–Crippen LogP) is 3.93. The topological polar surface area (TPSA) is 25.2 Å². The zero-order valence-corrected chi connectivity index (χ0v) is 11.7. The zero-order valence-electron chi connectivity index (χ0n) is 11.7. The maximum absolute atomic E-state index is 5.58. The van der Waals surface area contributed by atoms with Gasteiger partial charge in [0.05, 0.1) is 6.54 Å². The van der Waals surface area contributed by atoms with Crippen molar-refractivity contribution in [2.75, 3.05) is 0 Å². The molecule has 1 N–H and O–H groups in total. The number of fused-ring (bicyclic) bond motifs is 1. The second-order valence-electron chi connectivity index (χ2n) is 5.50. The molecule has 1 aromatic carbocycles. The molecule has 100 valence electrons. The minimum atomic E-state index is 0.358. The van der Waals surface area contributed by atoms with E-state index in [4.69, 9.17) is 4.42 Å². The van der Waals surface area contributed by atoms with E-state index in [1.54, 1.807) is 5.56 Å². The molecule has 1 heterocycles. The third kappa shape index (κ3) is 2.74. The Hall–Kier alpha value is -1.54. The lowest BCUT2D eigenvalue weighted by molar-refractivity contribution is 0.444. The van der Waals surface area contributed by atoms with Gasteiger partial charge in [-0.3, -0.25) is 0 Å². The van der Waals surface area contributed by atoms with Crippen molar-refractivity contribution >= 4 is 0 Å². The summed E-state index contributed by atoms with van der Waals surface area (Å²) >= 11 is 0. The van der Waals surface area contributed by atoms with Crippen molar-refractivity contribution in [3.63, 3.8) is 0 Å². The van der Waals surface area contributed by atoms with Gasteiger partial charge in [-0.25, -0.2) is 0 Å². The van der Waals surface area contributed by atoms with Gasteiger partial charge in [0.2, 0.25) is 0 Å². The van der Waals surface area contributed by atoms with Gasteiger partial charge in [-0.15, -0.1) is 0 Å². The fourth-order valence-electron chi connectivity index (χ4n) is 2.81. The van der Waals surface area contributed by atoms with Gasteiger partial charge >= 0.3 is 0 Å². The van der Waals surface area contributed by atoms with E-state index in [1.165, 1.54) is 30.4 Å². The van der Waals surface area contributed by atoms with Crippen LogP contribution < -0.4 is 5.32 Å². The molecule has 0 radical (unpaired) electrons. The first-order valence-electron chi connectivity index (χ1n) is 7.13. The third-order valence-corrected chi connectivity index (χ3v) is 4.00. The normalized spacial score (nSPS) is 15.5. The van der Waals surface area contributed by atoms with Crippen LogP contribution in [0, 0.1) is 6.92 Å². The first kappa shape index (κ1) is 12.5. The van der Waals surface area contributed by atoms with Crippen molar-refractivity contribution in [1.82, 2.24) is 5.32 Å². The summed E-state index contributed by atoms with van der Waals surface area (Å²) in [7, 11) is 0. The number of nitrogens with one attached hydrogen (secondary N) is 1. The first-order chi connectivity index (χ1) is 9.22. The summed E-state index contributed by atoms with van der Waals surface area (Å²) in [6, 6.07) is 11.3. The summed E-state index contributed by atoms with van der Waals surface area (Å²) in [4.78, 5) is 0. The molecule has 2 heteroatoms. The molecule has 1 unspecified atom stereocenters. The van der Waals surface area contributed by atoms with Gasteiger partial charge in [-0.1, -0.05) is 18.2 Å². The monoisotopic (exact) mass is 255 g/mol. The van der Waals surface area contributed by atoms with Crippen molar-refractivity contribution in [1.29, 1.82) is 0 Å². The van der Waals surface area contributed by atoms with Gasteiger partial charge in [-0.2, -0.15) is 0 Å². The average molecular weight is 255 g/mol. The van der Waals surface area contributed by atoms with Crippen LogP contribution in [0.1, 0.15) is 47.6 Å². The van der Waals surface area contributed by atoms with Crippen LogP contribution in [0.5, 0.6) is 0 Å². The molecule has 1 aliphatic carbocycles. The lowest BCUT2D eigenvalue weighted by atomic mass is 10.0. The summed E-state index contributed by atoms with van der Waals surface area (Å²) in [6.45, 7) is 4.98. The molecule has 3 rings (SSSR count). The van der Waals surface area contributed by atoms with E-state index in [2.05, 4.69) is 30.4 Å². The Morgan fingerprint density at radius 2 is 2.00 bits per heavy atom. The number of rotatable bonds is 4. The Labute approximate surface area is 114 Å². The minimum absolute atomic E-state index is 0.358. The first-order valence-corrected chi connectivity index (χ1v) is 7.13. The Kier molecular flexibility index (Phi) is 3.43.